The Hall–Kier alpha value is -3.16. The van der Waals surface area contributed by atoms with Crippen molar-refractivity contribution in [3.05, 3.63) is 57.6 Å². The molecule has 1 atom stereocenters. The van der Waals surface area contributed by atoms with E-state index in [4.69, 9.17) is 0 Å². The van der Waals surface area contributed by atoms with Crippen molar-refractivity contribution >= 4 is 28.7 Å². The van der Waals surface area contributed by atoms with Gasteiger partial charge in [0.1, 0.15) is 11.9 Å². The Labute approximate surface area is 156 Å². The Balaban J connectivity index is 2.02. The SMILES string of the molecule is CNc1cc(N2CC[C@H](F)C2)c(C(=O)Nc2ccc(C)cc2)cc1[N+](=O)[O-]. The van der Waals surface area contributed by atoms with Crippen molar-refractivity contribution in [2.75, 3.05) is 35.7 Å². The molecule has 1 aliphatic rings. The van der Waals surface area contributed by atoms with E-state index in [1.807, 2.05) is 19.1 Å². The lowest BCUT2D eigenvalue weighted by Gasteiger charge is -2.22. The van der Waals surface area contributed by atoms with Crippen molar-refractivity contribution < 1.29 is 14.1 Å². The van der Waals surface area contributed by atoms with Crippen LogP contribution >= 0.6 is 0 Å². The molecule has 1 amide bonds. The second-order valence-electron chi connectivity index (χ2n) is 6.55. The fourth-order valence-electron chi connectivity index (χ4n) is 3.14. The Bertz CT molecular complexity index is 870. The zero-order chi connectivity index (χ0) is 19.6. The number of hydrogen-bond donors (Lipinski definition) is 2. The van der Waals surface area contributed by atoms with Crippen molar-refractivity contribution in [1.29, 1.82) is 0 Å². The number of benzene rings is 2. The van der Waals surface area contributed by atoms with Gasteiger partial charge in [0, 0.05) is 31.9 Å². The number of nitro benzene ring substituents is 1. The van der Waals surface area contributed by atoms with Crippen LogP contribution in [0.5, 0.6) is 0 Å². The Morgan fingerprint density at radius 1 is 1.30 bits per heavy atom. The number of carbonyl (C=O) groups is 1. The highest BCUT2D eigenvalue weighted by atomic mass is 19.1. The van der Waals surface area contributed by atoms with Gasteiger partial charge in [-0.2, -0.15) is 0 Å². The number of halogens is 1. The van der Waals surface area contributed by atoms with Gasteiger partial charge in [-0.15, -0.1) is 0 Å². The highest BCUT2D eigenvalue weighted by molar-refractivity contribution is 6.09. The molecule has 2 N–H and O–H groups in total. The van der Waals surface area contributed by atoms with Gasteiger partial charge in [-0.25, -0.2) is 4.39 Å². The first kappa shape index (κ1) is 18.6. The fraction of sp³-hybridized carbons (Fsp3) is 0.316. The number of anilines is 3. The number of hydrogen-bond acceptors (Lipinski definition) is 5. The molecule has 2 aromatic rings. The quantitative estimate of drug-likeness (QED) is 0.617. The summed E-state index contributed by atoms with van der Waals surface area (Å²) in [7, 11) is 1.57. The van der Waals surface area contributed by atoms with E-state index < -0.39 is 17.0 Å². The average molecular weight is 372 g/mol. The molecule has 142 valence electrons. The van der Waals surface area contributed by atoms with Crippen LogP contribution in [0, 0.1) is 17.0 Å². The third kappa shape index (κ3) is 3.99. The Morgan fingerprint density at radius 2 is 2.00 bits per heavy atom. The predicted octanol–water partition coefficient (Wildman–Crippen LogP) is 3.75. The molecule has 2 aromatic carbocycles. The lowest BCUT2D eigenvalue weighted by Crippen LogP contribution is -2.24. The summed E-state index contributed by atoms with van der Waals surface area (Å²) < 4.78 is 13.7. The van der Waals surface area contributed by atoms with Crippen LogP contribution in [-0.2, 0) is 0 Å². The normalized spacial score (nSPS) is 16.3. The van der Waals surface area contributed by atoms with Crippen molar-refractivity contribution in [2.24, 2.45) is 0 Å². The number of nitrogens with zero attached hydrogens (tertiary/aromatic N) is 2. The molecular formula is C19H21FN4O3. The summed E-state index contributed by atoms with van der Waals surface area (Å²) in [6, 6.07) is 10.0. The minimum absolute atomic E-state index is 0.148. The molecule has 0 bridgehead atoms. The summed E-state index contributed by atoms with van der Waals surface area (Å²) in [5.74, 6) is -0.470. The van der Waals surface area contributed by atoms with Crippen LogP contribution in [0.4, 0.5) is 27.1 Å². The van der Waals surface area contributed by atoms with Crippen molar-refractivity contribution in [1.82, 2.24) is 0 Å². The molecule has 7 nitrogen and oxygen atoms in total. The minimum atomic E-state index is -0.980. The van der Waals surface area contributed by atoms with Crippen LogP contribution in [0.1, 0.15) is 22.3 Å². The van der Waals surface area contributed by atoms with Crippen LogP contribution in [-0.4, -0.2) is 37.1 Å². The van der Waals surface area contributed by atoms with Crippen LogP contribution in [0.15, 0.2) is 36.4 Å². The fourth-order valence-corrected chi connectivity index (χ4v) is 3.14. The van der Waals surface area contributed by atoms with Gasteiger partial charge in [-0.05, 0) is 31.5 Å². The number of rotatable bonds is 5. The van der Waals surface area contributed by atoms with E-state index in [1.54, 1.807) is 30.1 Å². The largest absolute Gasteiger partial charge is 0.383 e. The molecule has 27 heavy (non-hydrogen) atoms. The number of nitro groups is 1. The second-order valence-corrected chi connectivity index (χ2v) is 6.55. The molecule has 1 fully saturated rings. The Kier molecular flexibility index (Phi) is 5.25. The van der Waals surface area contributed by atoms with E-state index in [0.29, 0.717) is 24.3 Å². The molecule has 0 aromatic heterocycles. The standard InChI is InChI=1S/C19H21FN4O3/c1-12-3-5-14(6-4-12)22-19(25)15-9-18(24(26)27)16(21-2)10-17(15)23-8-7-13(20)11-23/h3-6,9-10,13,21H,7-8,11H2,1-2H3,(H,22,25)/t13-/m0/s1. The molecular weight excluding hydrogens is 351 g/mol. The molecule has 0 unspecified atom stereocenters. The van der Waals surface area contributed by atoms with Gasteiger partial charge in [-0.3, -0.25) is 14.9 Å². The number of carbonyl (C=O) groups excluding carboxylic acids is 1. The highest BCUT2D eigenvalue weighted by Gasteiger charge is 2.29. The van der Waals surface area contributed by atoms with Crippen molar-refractivity contribution in [3.8, 4) is 0 Å². The zero-order valence-electron chi connectivity index (χ0n) is 15.2. The van der Waals surface area contributed by atoms with E-state index in [2.05, 4.69) is 10.6 Å². The number of amides is 1. The molecule has 1 saturated heterocycles. The summed E-state index contributed by atoms with van der Waals surface area (Å²) in [5.41, 5.74) is 2.34. The van der Waals surface area contributed by atoms with E-state index in [1.165, 1.54) is 6.07 Å². The molecule has 1 heterocycles. The lowest BCUT2D eigenvalue weighted by atomic mass is 10.1. The number of alkyl halides is 1. The smallest absolute Gasteiger partial charge is 0.293 e. The monoisotopic (exact) mass is 372 g/mol. The summed E-state index contributed by atoms with van der Waals surface area (Å²) >= 11 is 0. The van der Waals surface area contributed by atoms with Gasteiger partial charge in [-0.1, -0.05) is 17.7 Å². The maximum Gasteiger partial charge on any atom is 0.293 e. The van der Waals surface area contributed by atoms with Crippen LogP contribution < -0.4 is 15.5 Å². The van der Waals surface area contributed by atoms with Gasteiger partial charge in [0.15, 0.2) is 0 Å². The Morgan fingerprint density at radius 3 is 2.56 bits per heavy atom. The lowest BCUT2D eigenvalue weighted by molar-refractivity contribution is -0.383. The summed E-state index contributed by atoms with van der Waals surface area (Å²) in [6.07, 6.45) is -0.614. The number of aryl methyl sites for hydroxylation is 1. The summed E-state index contributed by atoms with van der Waals surface area (Å²) in [5, 5.41) is 16.9. The first-order valence-corrected chi connectivity index (χ1v) is 8.66. The van der Waals surface area contributed by atoms with Crippen LogP contribution in [0.25, 0.3) is 0 Å². The van der Waals surface area contributed by atoms with Gasteiger partial charge >= 0.3 is 0 Å². The van der Waals surface area contributed by atoms with E-state index >= 15 is 0 Å². The van der Waals surface area contributed by atoms with E-state index in [9.17, 15) is 19.3 Å². The first-order valence-electron chi connectivity index (χ1n) is 8.66. The van der Waals surface area contributed by atoms with Gasteiger partial charge in [0.2, 0.25) is 0 Å². The average Bonchev–Trinajstić information content (AvgIpc) is 3.08. The molecule has 0 saturated carbocycles. The van der Waals surface area contributed by atoms with Crippen molar-refractivity contribution in [3.63, 3.8) is 0 Å². The predicted molar refractivity (Wildman–Crippen MR) is 104 cm³/mol. The van der Waals surface area contributed by atoms with Crippen LogP contribution in [0.3, 0.4) is 0 Å². The topological polar surface area (TPSA) is 87.5 Å². The molecule has 3 rings (SSSR count). The van der Waals surface area contributed by atoms with Gasteiger partial charge < -0.3 is 15.5 Å². The summed E-state index contributed by atoms with van der Waals surface area (Å²) in [6.45, 7) is 2.54. The molecule has 1 aliphatic heterocycles. The van der Waals surface area contributed by atoms with Crippen LogP contribution in [0.2, 0.25) is 0 Å². The van der Waals surface area contributed by atoms with Gasteiger partial charge in [0.05, 0.1) is 16.2 Å². The summed E-state index contributed by atoms with van der Waals surface area (Å²) in [4.78, 5) is 25.5. The maximum atomic E-state index is 13.7. The van der Waals surface area contributed by atoms with E-state index in [0.717, 1.165) is 5.56 Å². The molecule has 8 heteroatoms. The molecule has 0 aliphatic carbocycles. The van der Waals surface area contributed by atoms with Gasteiger partial charge in [0.25, 0.3) is 11.6 Å². The first-order chi connectivity index (χ1) is 12.9. The highest BCUT2D eigenvalue weighted by Crippen LogP contribution is 2.35. The zero-order valence-corrected chi connectivity index (χ0v) is 15.2. The molecule has 0 spiro atoms. The van der Waals surface area contributed by atoms with Crippen molar-refractivity contribution in [2.45, 2.75) is 19.5 Å². The number of nitrogens with one attached hydrogen (secondary N) is 2. The molecule has 0 radical (unpaired) electrons. The third-order valence-electron chi connectivity index (χ3n) is 4.61. The third-order valence-corrected chi connectivity index (χ3v) is 4.61. The van der Waals surface area contributed by atoms with E-state index in [-0.39, 0.29) is 23.5 Å². The minimum Gasteiger partial charge on any atom is -0.383 e. The second kappa shape index (κ2) is 7.61. The maximum absolute atomic E-state index is 13.7.